The lowest BCUT2D eigenvalue weighted by molar-refractivity contribution is 0.0572. The summed E-state index contributed by atoms with van der Waals surface area (Å²) < 4.78 is 1.29. The fourth-order valence-corrected chi connectivity index (χ4v) is 3.18. The number of nitrogens with zero attached hydrogens (tertiary/aromatic N) is 4. The zero-order valence-corrected chi connectivity index (χ0v) is 11.2. The molecule has 3 rings (SSSR count). The lowest BCUT2D eigenvalue weighted by Crippen LogP contribution is -2.22. The van der Waals surface area contributed by atoms with E-state index in [4.69, 9.17) is 0 Å². The van der Waals surface area contributed by atoms with Crippen molar-refractivity contribution in [2.75, 3.05) is 13.1 Å². The largest absolute Gasteiger partial charge is 0.389 e. The average molecular weight is 282 g/mol. The van der Waals surface area contributed by atoms with Crippen LogP contribution in [0.1, 0.15) is 10.7 Å². The minimum Gasteiger partial charge on any atom is -0.389 e. The second-order valence-corrected chi connectivity index (χ2v) is 5.80. The van der Waals surface area contributed by atoms with E-state index in [1.54, 1.807) is 6.92 Å². The minimum absolute atomic E-state index is 0.188. The molecule has 1 aliphatic heterocycles. The van der Waals surface area contributed by atoms with E-state index in [9.17, 15) is 15.0 Å². The van der Waals surface area contributed by atoms with Crippen LogP contribution >= 0.6 is 11.3 Å². The molecule has 2 aromatic heterocycles. The highest BCUT2D eigenvalue weighted by Crippen LogP contribution is 2.17. The number of likely N-dealkylation sites (tertiary alicyclic amines) is 1. The normalized spacial score (nSPS) is 24.4. The van der Waals surface area contributed by atoms with Crippen molar-refractivity contribution in [3.8, 4) is 0 Å². The number of aryl methyl sites for hydroxylation is 1. The maximum absolute atomic E-state index is 11.7. The predicted octanol–water partition coefficient (Wildman–Crippen LogP) is -1.00. The summed E-state index contributed by atoms with van der Waals surface area (Å²) in [6.07, 6.45) is -1.42. The van der Waals surface area contributed by atoms with Crippen molar-refractivity contribution in [1.82, 2.24) is 19.5 Å². The SMILES string of the molecule is Cc1cc(=O)n2nc(CN3CC(O)C(O)C3)sc2n1. The number of fused-ring (bicyclic) bond motifs is 1. The summed E-state index contributed by atoms with van der Waals surface area (Å²) in [5.41, 5.74) is 0.485. The Morgan fingerprint density at radius 1 is 1.42 bits per heavy atom. The molecular formula is C11H14N4O3S. The van der Waals surface area contributed by atoms with Crippen molar-refractivity contribution in [2.24, 2.45) is 0 Å². The van der Waals surface area contributed by atoms with Gasteiger partial charge in [-0.2, -0.15) is 9.61 Å². The van der Waals surface area contributed by atoms with Gasteiger partial charge in [0.2, 0.25) is 4.96 Å². The Balaban J connectivity index is 1.86. The molecule has 0 amide bonds. The molecule has 2 N–H and O–H groups in total. The van der Waals surface area contributed by atoms with E-state index in [2.05, 4.69) is 10.1 Å². The maximum atomic E-state index is 11.7. The zero-order chi connectivity index (χ0) is 13.6. The van der Waals surface area contributed by atoms with Gasteiger partial charge in [-0.3, -0.25) is 9.69 Å². The van der Waals surface area contributed by atoms with Gasteiger partial charge in [0.1, 0.15) is 5.01 Å². The first-order chi connectivity index (χ1) is 9.02. The second-order valence-electron chi connectivity index (χ2n) is 4.75. The van der Waals surface area contributed by atoms with Gasteiger partial charge in [0.15, 0.2) is 0 Å². The fraction of sp³-hybridized carbons (Fsp3) is 0.545. The molecule has 1 fully saturated rings. The van der Waals surface area contributed by atoms with Gasteiger partial charge in [0.05, 0.1) is 18.8 Å². The van der Waals surface area contributed by atoms with Gasteiger partial charge < -0.3 is 10.2 Å². The van der Waals surface area contributed by atoms with Gasteiger partial charge in [0.25, 0.3) is 5.56 Å². The van der Waals surface area contributed by atoms with E-state index >= 15 is 0 Å². The van der Waals surface area contributed by atoms with Gasteiger partial charge >= 0.3 is 0 Å². The number of hydrogen-bond donors (Lipinski definition) is 2. The molecule has 0 radical (unpaired) electrons. The van der Waals surface area contributed by atoms with Gasteiger partial charge in [-0.25, -0.2) is 4.98 Å². The number of aromatic nitrogens is 3. The smallest absolute Gasteiger partial charge is 0.275 e. The number of aliphatic hydroxyl groups is 2. The molecule has 0 spiro atoms. The van der Waals surface area contributed by atoms with Crippen molar-refractivity contribution in [3.05, 3.63) is 27.1 Å². The fourth-order valence-electron chi connectivity index (χ4n) is 2.19. The van der Waals surface area contributed by atoms with Crippen LogP contribution in [0.5, 0.6) is 0 Å². The highest BCUT2D eigenvalue weighted by atomic mass is 32.1. The Morgan fingerprint density at radius 3 is 2.79 bits per heavy atom. The molecule has 0 bridgehead atoms. The monoisotopic (exact) mass is 282 g/mol. The van der Waals surface area contributed by atoms with Crippen LogP contribution in [0.4, 0.5) is 0 Å². The van der Waals surface area contributed by atoms with E-state index in [-0.39, 0.29) is 5.56 Å². The van der Waals surface area contributed by atoms with Crippen molar-refractivity contribution in [2.45, 2.75) is 25.7 Å². The third kappa shape index (κ3) is 2.39. The first-order valence-electron chi connectivity index (χ1n) is 5.98. The Labute approximate surface area is 112 Å². The molecule has 1 aliphatic rings. The first-order valence-corrected chi connectivity index (χ1v) is 6.79. The highest BCUT2D eigenvalue weighted by molar-refractivity contribution is 7.16. The van der Waals surface area contributed by atoms with Crippen LogP contribution < -0.4 is 5.56 Å². The molecule has 8 heteroatoms. The summed E-state index contributed by atoms with van der Waals surface area (Å²) in [5, 5.41) is 23.9. The molecule has 1 saturated heterocycles. The molecule has 19 heavy (non-hydrogen) atoms. The third-order valence-electron chi connectivity index (χ3n) is 3.11. The predicted molar refractivity (Wildman–Crippen MR) is 69.2 cm³/mol. The molecule has 2 unspecified atom stereocenters. The number of hydrogen-bond acceptors (Lipinski definition) is 7. The zero-order valence-electron chi connectivity index (χ0n) is 10.4. The van der Waals surface area contributed by atoms with Crippen LogP contribution in [0.2, 0.25) is 0 Å². The Morgan fingerprint density at radius 2 is 2.11 bits per heavy atom. The Kier molecular flexibility index (Phi) is 3.09. The second kappa shape index (κ2) is 4.64. The van der Waals surface area contributed by atoms with Crippen LogP contribution in [0.15, 0.2) is 10.9 Å². The van der Waals surface area contributed by atoms with E-state index in [1.807, 2.05) is 4.90 Å². The van der Waals surface area contributed by atoms with Crippen molar-refractivity contribution < 1.29 is 10.2 Å². The summed E-state index contributed by atoms with van der Waals surface area (Å²) >= 11 is 1.35. The molecule has 2 aromatic rings. The molecule has 0 aliphatic carbocycles. The van der Waals surface area contributed by atoms with Gasteiger partial charge in [0, 0.05) is 24.8 Å². The summed E-state index contributed by atoms with van der Waals surface area (Å²) in [5.74, 6) is 0. The first kappa shape index (κ1) is 12.7. The molecule has 102 valence electrons. The van der Waals surface area contributed by atoms with Crippen LogP contribution in [-0.4, -0.2) is 55.0 Å². The van der Waals surface area contributed by atoms with Gasteiger partial charge in [-0.15, -0.1) is 0 Å². The number of β-amino-alcohol motifs (C(OH)–C–C–N with tert-alkyl or cyclic N) is 2. The van der Waals surface area contributed by atoms with E-state index in [0.717, 1.165) is 5.01 Å². The Bertz CT molecular complexity index is 657. The maximum Gasteiger partial charge on any atom is 0.275 e. The van der Waals surface area contributed by atoms with Crippen LogP contribution in [-0.2, 0) is 6.54 Å². The third-order valence-corrected chi connectivity index (χ3v) is 4.00. The average Bonchev–Trinajstić information content (AvgIpc) is 2.83. The van der Waals surface area contributed by atoms with E-state index in [0.29, 0.717) is 30.3 Å². The van der Waals surface area contributed by atoms with E-state index < -0.39 is 12.2 Å². The topological polar surface area (TPSA) is 91.0 Å². The molecule has 3 heterocycles. The van der Waals surface area contributed by atoms with Crippen LogP contribution in [0, 0.1) is 6.92 Å². The minimum atomic E-state index is -0.711. The quantitative estimate of drug-likeness (QED) is 0.734. The van der Waals surface area contributed by atoms with E-state index in [1.165, 1.54) is 21.9 Å². The Hall–Kier alpha value is -1.35. The number of aliphatic hydroxyl groups excluding tert-OH is 2. The molecule has 2 atom stereocenters. The van der Waals surface area contributed by atoms with Crippen molar-refractivity contribution >= 4 is 16.3 Å². The van der Waals surface area contributed by atoms with Gasteiger partial charge in [-0.05, 0) is 6.92 Å². The summed E-state index contributed by atoms with van der Waals surface area (Å²) in [4.78, 5) is 18.5. The van der Waals surface area contributed by atoms with Gasteiger partial charge in [-0.1, -0.05) is 11.3 Å². The standard InChI is InChI=1S/C11H14N4O3S/c1-6-2-10(18)15-11(12-6)19-9(13-15)5-14-3-7(16)8(17)4-14/h2,7-8,16-17H,3-5H2,1H3. The summed E-state index contributed by atoms with van der Waals surface area (Å²) in [6.45, 7) is 3.10. The number of rotatable bonds is 2. The van der Waals surface area contributed by atoms with Crippen molar-refractivity contribution in [3.63, 3.8) is 0 Å². The van der Waals surface area contributed by atoms with Crippen LogP contribution in [0.3, 0.4) is 0 Å². The van der Waals surface area contributed by atoms with Crippen molar-refractivity contribution in [1.29, 1.82) is 0 Å². The molecule has 0 aromatic carbocycles. The molecule has 7 nitrogen and oxygen atoms in total. The lowest BCUT2D eigenvalue weighted by atomic mass is 10.3. The summed E-state index contributed by atoms with van der Waals surface area (Å²) in [7, 11) is 0. The molecule has 0 saturated carbocycles. The molecular weight excluding hydrogens is 268 g/mol. The van der Waals surface area contributed by atoms with Crippen LogP contribution in [0.25, 0.3) is 4.96 Å². The lowest BCUT2D eigenvalue weighted by Gasteiger charge is -2.11. The highest BCUT2D eigenvalue weighted by Gasteiger charge is 2.30. The summed E-state index contributed by atoms with van der Waals surface area (Å²) in [6, 6.07) is 1.44.